The minimum absolute atomic E-state index is 0.207. The summed E-state index contributed by atoms with van der Waals surface area (Å²) >= 11 is 0. The van der Waals surface area contributed by atoms with E-state index in [9.17, 15) is 9.59 Å². The highest BCUT2D eigenvalue weighted by Crippen LogP contribution is 2.21. The van der Waals surface area contributed by atoms with Gasteiger partial charge in [0.1, 0.15) is 6.04 Å². The van der Waals surface area contributed by atoms with Crippen molar-refractivity contribution in [1.82, 2.24) is 9.88 Å². The summed E-state index contributed by atoms with van der Waals surface area (Å²) in [7, 11) is 1.94. The Kier molecular flexibility index (Phi) is 5.05. The summed E-state index contributed by atoms with van der Waals surface area (Å²) in [5.74, 6) is -1.70. The number of nitrogens with zero attached hydrogens (tertiary/aromatic N) is 1. The molecule has 1 amide bonds. The number of aryl methyl sites for hydroxylation is 1. The van der Waals surface area contributed by atoms with Crippen LogP contribution in [0.5, 0.6) is 0 Å². The van der Waals surface area contributed by atoms with Crippen molar-refractivity contribution < 1.29 is 14.7 Å². The van der Waals surface area contributed by atoms with E-state index in [2.05, 4.69) is 5.32 Å². The van der Waals surface area contributed by atoms with E-state index in [-0.39, 0.29) is 5.92 Å². The molecule has 0 bridgehead atoms. The molecule has 4 N–H and O–H groups in total. The predicted octanol–water partition coefficient (Wildman–Crippen LogP) is 1.27. The third kappa shape index (κ3) is 3.71. The number of carboxylic acid groups (broad SMARTS) is 1. The molecule has 23 heavy (non-hydrogen) atoms. The molecular weight excluding hydrogens is 294 g/mol. The van der Waals surface area contributed by atoms with E-state index in [1.807, 2.05) is 42.1 Å². The lowest BCUT2D eigenvalue weighted by molar-refractivity contribution is -0.143. The lowest BCUT2D eigenvalue weighted by Gasteiger charge is -2.20. The van der Waals surface area contributed by atoms with Crippen molar-refractivity contribution in [3.05, 3.63) is 36.0 Å². The van der Waals surface area contributed by atoms with Gasteiger partial charge in [0, 0.05) is 24.1 Å². The highest BCUT2D eigenvalue weighted by molar-refractivity contribution is 5.89. The molecule has 6 nitrogen and oxygen atoms in total. The number of amides is 1. The number of benzene rings is 1. The van der Waals surface area contributed by atoms with Crippen molar-refractivity contribution in [2.75, 3.05) is 0 Å². The molecule has 0 aliphatic heterocycles. The van der Waals surface area contributed by atoms with Crippen molar-refractivity contribution in [3.63, 3.8) is 0 Å². The van der Waals surface area contributed by atoms with Crippen LogP contribution >= 0.6 is 0 Å². The number of hydrogen-bond acceptors (Lipinski definition) is 3. The second-order valence-electron chi connectivity index (χ2n) is 6.16. The van der Waals surface area contributed by atoms with Gasteiger partial charge in [-0.2, -0.15) is 0 Å². The largest absolute Gasteiger partial charge is 0.480 e. The standard InChI is InChI=1S/C17H23N3O3/c1-10(2)15(17(22)23)19-16(21)13(18)8-11-9-20(3)14-7-5-4-6-12(11)14/h4-7,9-10,13,15H,8,18H2,1-3H3,(H,19,21)(H,22,23)/t13-,15+/m1/s1. The van der Waals surface area contributed by atoms with Crippen LogP contribution in [0.4, 0.5) is 0 Å². The number of hydrogen-bond donors (Lipinski definition) is 3. The molecule has 124 valence electrons. The van der Waals surface area contributed by atoms with Gasteiger partial charge in [0.25, 0.3) is 0 Å². The summed E-state index contributed by atoms with van der Waals surface area (Å²) in [5, 5.41) is 12.7. The van der Waals surface area contributed by atoms with Crippen molar-refractivity contribution in [1.29, 1.82) is 0 Å². The monoisotopic (exact) mass is 317 g/mol. The summed E-state index contributed by atoms with van der Waals surface area (Å²) in [6, 6.07) is 6.17. The Morgan fingerprint density at radius 2 is 1.96 bits per heavy atom. The maximum Gasteiger partial charge on any atom is 0.326 e. The minimum atomic E-state index is -1.05. The van der Waals surface area contributed by atoms with Crippen LogP contribution in [0.1, 0.15) is 19.4 Å². The Morgan fingerprint density at radius 3 is 2.57 bits per heavy atom. The van der Waals surface area contributed by atoms with Gasteiger partial charge < -0.3 is 20.7 Å². The van der Waals surface area contributed by atoms with Crippen LogP contribution in [0.25, 0.3) is 10.9 Å². The Balaban J connectivity index is 2.13. The zero-order valence-corrected chi connectivity index (χ0v) is 13.6. The summed E-state index contributed by atoms with van der Waals surface area (Å²) < 4.78 is 1.99. The van der Waals surface area contributed by atoms with E-state index in [4.69, 9.17) is 10.8 Å². The summed E-state index contributed by atoms with van der Waals surface area (Å²) in [4.78, 5) is 23.4. The molecule has 2 atom stereocenters. The van der Waals surface area contributed by atoms with Gasteiger partial charge >= 0.3 is 5.97 Å². The van der Waals surface area contributed by atoms with Crippen LogP contribution < -0.4 is 11.1 Å². The van der Waals surface area contributed by atoms with Gasteiger partial charge in [0.15, 0.2) is 0 Å². The second-order valence-corrected chi connectivity index (χ2v) is 6.16. The molecule has 1 aromatic carbocycles. The molecule has 1 aromatic heterocycles. The van der Waals surface area contributed by atoms with Gasteiger partial charge in [-0.05, 0) is 24.0 Å². The number of nitrogens with one attached hydrogen (secondary N) is 1. The van der Waals surface area contributed by atoms with Crippen LogP contribution in [0.2, 0.25) is 0 Å². The first-order valence-corrected chi connectivity index (χ1v) is 7.63. The van der Waals surface area contributed by atoms with E-state index >= 15 is 0 Å². The Bertz CT molecular complexity index is 721. The highest BCUT2D eigenvalue weighted by Gasteiger charge is 2.26. The minimum Gasteiger partial charge on any atom is -0.480 e. The third-order valence-corrected chi connectivity index (χ3v) is 3.99. The average Bonchev–Trinajstić information content (AvgIpc) is 2.80. The quantitative estimate of drug-likeness (QED) is 0.747. The molecule has 0 radical (unpaired) electrons. The number of carboxylic acids is 1. The lowest BCUT2D eigenvalue weighted by atomic mass is 10.0. The zero-order chi connectivity index (χ0) is 17.1. The number of rotatable bonds is 6. The van der Waals surface area contributed by atoms with E-state index in [0.717, 1.165) is 16.5 Å². The number of para-hydroxylation sites is 1. The smallest absolute Gasteiger partial charge is 0.326 e. The SMILES string of the molecule is CC(C)[C@H](NC(=O)[C@H](N)Cc1cn(C)c2ccccc12)C(=O)O. The number of aliphatic carboxylic acids is 1. The van der Waals surface area contributed by atoms with E-state index in [1.165, 1.54) is 0 Å². The van der Waals surface area contributed by atoms with Crippen LogP contribution in [-0.4, -0.2) is 33.6 Å². The Labute approximate surface area is 135 Å². The van der Waals surface area contributed by atoms with E-state index in [0.29, 0.717) is 6.42 Å². The van der Waals surface area contributed by atoms with Gasteiger partial charge in [-0.3, -0.25) is 4.79 Å². The number of nitrogens with two attached hydrogens (primary N) is 1. The molecule has 0 unspecified atom stereocenters. The molecular formula is C17H23N3O3. The van der Waals surface area contributed by atoms with E-state index < -0.39 is 24.0 Å². The fourth-order valence-electron chi connectivity index (χ4n) is 2.69. The molecule has 0 aliphatic carbocycles. The zero-order valence-electron chi connectivity index (χ0n) is 13.6. The molecule has 0 saturated carbocycles. The average molecular weight is 317 g/mol. The molecule has 0 aliphatic rings. The maximum atomic E-state index is 12.2. The fourth-order valence-corrected chi connectivity index (χ4v) is 2.69. The third-order valence-electron chi connectivity index (χ3n) is 3.99. The van der Waals surface area contributed by atoms with Gasteiger partial charge in [-0.1, -0.05) is 32.0 Å². The van der Waals surface area contributed by atoms with E-state index in [1.54, 1.807) is 13.8 Å². The summed E-state index contributed by atoms with van der Waals surface area (Å²) in [6.07, 6.45) is 2.31. The van der Waals surface area contributed by atoms with Crippen molar-refractivity contribution >= 4 is 22.8 Å². The van der Waals surface area contributed by atoms with Crippen molar-refractivity contribution in [2.24, 2.45) is 18.7 Å². The van der Waals surface area contributed by atoms with Crippen LogP contribution in [0, 0.1) is 5.92 Å². The van der Waals surface area contributed by atoms with Crippen molar-refractivity contribution in [2.45, 2.75) is 32.4 Å². The fraction of sp³-hybridized carbons (Fsp3) is 0.412. The summed E-state index contributed by atoms with van der Waals surface area (Å²) in [5.41, 5.74) is 8.03. The molecule has 0 fully saturated rings. The first-order valence-electron chi connectivity index (χ1n) is 7.63. The van der Waals surface area contributed by atoms with Crippen molar-refractivity contribution in [3.8, 4) is 0 Å². The summed E-state index contributed by atoms with van der Waals surface area (Å²) in [6.45, 7) is 3.49. The molecule has 2 rings (SSSR count). The normalized spacial score (nSPS) is 14.0. The van der Waals surface area contributed by atoms with Gasteiger partial charge in [0.2, 0.25) is 5.91 Å². The first-order chi connectivity index (χ1) is 10.8. The number of aromatic nitrogens is 1. The van der Waals surface area contributed by atoms with Gasteiger partial charge in [-0.15, -0.1) is 0 Å². The molecule has 2 aromatic rings. The Hall–Kier alpha value is -2.34. The van der Waals surface area contributed by atoms with Crippen LogP contribution in [0.15, 0.2) is 30.5 Å². The number of carbonyl (C=O) groups excluding carboxylic acids is 1. The maximum absolute atomic E-state index is 12.2. The Morgan fingerprint density at radius 1 is 1.30 bits per heavy atom. The predicted molar refractivity (Wildman–Crippen MR) is 89.0 cm³/mol. The topological polar surface area (TPSA) is 97.4 Å². The first kappa shape index (κ1) is 17.0. The van der Waals surface area contributed by atoms with Gasteiger partial charge in [-0.25, -0.2) is 4.79 Å². The highest BCUT2D eigenvalue weighted by atomic mass is 16.4. The van der Waals surface area contributed by atoms with Crippen LogP contribution in [-0.2, 0) is 23.1 Å². The van der Waals surface area contributed by atoms with Gasteiger partial charge in [0.05, 0.1) is 6.04 Å². The lowest BCUT2D eigenvalue weighted by Crippen LogP contribution is -2.51. The molecule has 0 saturated heterocycles. The number of fused-ring (bicyclic) bond motifs is 1. The number of carbonyl (C=O) groups is 2. The molecule has 1 heterocycles. The molecule has 6 heteroatoms. The second kappa shape index (κ2) is 6.83. The molecule has 0 spiro atoms. The van der Waals surface area contributed by atoms with Crippen LogP contribution in [0.3, 0.4) is 0 Å².